The fraction of sp³-hybridized carbons (Fsp3) is 0.600. The summed E-state index contributed by atoms with van der Waals surface area (Å²) in [6.07, 6.45) is 0. The van der Waals surface area contributed by atoms with E-state index in [0.717, 1.165) is 0 Å². The van der Waals surface area contributed by atoms with Crippen LogP contribution in [0.25, 0.3) is 4.85 Å². The monoisotopic (exact) mass is 301 g/mol. The van der Waals surface area contributed by atoms with Gasteiger partial charge in [0.25, 0.3) is 6.67 Å². The van der Waals surface area contributed by atoms with Crippen LogP contribution in [0.5, 0.6) is 0 Å². The van der Waals surface area contributed by atoms with Gasteiger partial charge in [-0.3, -0.25) is 18.4 Å². The van der Waals surface area contributed by atoms with Gasteiger partial charge in [-0.05, 0) is 14.1 Å². The number of rotatable bonds is 1. The number of carbonyl (C=O) groups excluding carboxylic acids is 2. The van der Waals surface area contributed by atoms with Crippen molar-refractivity contribution in [1.82, 2.24) is 4.90 Å². The van der Waals surface area contributed by atoms with Crippen molar-refractivity contribution in [2.45, 2.75) is 20.8 Å². The summed E-state index contributed by atoms with van der Waals surface area (Å²) in [5, 5.41) is 0. The van der Waals surface area contributed by atoms with Gasteiger partial charge in [0.2, 0.25) is 0 Å². The molecule has 0 aromatic rings. The Morgan fingerprint density at radius 2 is 1.33 bits per heavy atom. The smallest absolute Gasteiger partial charge is 0.545 e. The zero-order chi connectivity index (χ0) is 12.6. The van der Waals surface area contributed by atoms with E-state index in [1.165, 1.54) is 5.92 Å². The van der Waals surface area contributed by atoms with E-state index in [2.05, 4.69) is 39.2 Å². The molecule has 0 aromatic carbocycles. The van der Waals surface area contributed by atoms with Crippen LogP contribution in [-0.2, 0) is 29.1 Å². The topological polar surface area (TPSA) is 41.7 Å². The molecule has 0 fully saturated rings. The molecule has 0 spiro atoms. The minimum absolute atomic E-state index is 0. The Hall–Kier alpha value is -0.587. The second-order valence-corrected chi connectivity index (χ2v) is 2.88. The average Bonchev–Trinajstić information content (AvgIpc) is 2.10. The average molecular weight is 300 g/mol. The van der Waals surface area contributed by atoms with Crippen molar-refractivity contribution >= 4 is 13.6 Å². The summed E-state index contributed by atoms with van der Waals surface area (Å²) < 4.78 is 0. The Kier molecular flexibility index (Phi) is 73.4. The molecular weight excluding hydrogens is 281 g/mol. The molecule has 0 bridgehead atoms. The van der Waals surface area contributed by atoms with Gasteiger partial charge in [0, 0.05) is 0 Å². The van der Waals surface area contributed by atoms with Gasteiger partial charge in [-0.1, -0.05) is 0 Å². The zero-order valence-corrected chi connectivity index (χ0v) is 11.7. The van der Waals surface area contributed by atoms with Crippen molar-refractivity contribution in [2.24, 2.45) is 0 Å². The van der Waals surface area contributed by atoms with Crippen LogP contribution in [0.2, 0.25) is 0 Å². The second-order valence-electron chi connectivity index (χ2n) is 2.88. The van der Waals surface area contributed by atoms with Crippen molar-refractivity contribution in [3.8, 4) is 0 Å². The molecule has 88 valence electrons. The van der Waals surface area contributed by atoms with Gasteiger partial charge < -0.3 is 15.5 Å². The van der Waals surface area contributed by atoms with Gasteiger partial charge in [0.1, 0.15) is 0 Å². The summed E-state index contributed by atoms with van der Waals surface area (Å²) in [6.45, 7) is 19.6. The number of hydrogen-bond acceptors (Lipinski definition) is 3. The number of nitrogens with zero attached hydrogens (tertiary/aromatic N) is 2. The molecule has 0 amide bonds. The predicted molar refractivity (Wildman–Crippen MR) is 58.9 cm³/mol. The summed E-state index contributed by atoms with van der Waals surface area (Å²) in [5.41, 5.74) is 0. The predicted octanol–water partition coefficient (Wildman–Crippen LogP) is 1.49. The maximum Gasteiger partial charge on any atom is 4.00 e. The Bertz CT molecular complexity index is 120. The van der Waals surface area contributed by atoms with E-state index in [4.69, 9.17) is 16.2 Å². The fourth-order valence-electron chi connectivity index (χ4n) is 0.141. The van der Waals surface area contributed by atoms with E-state index in [0.29, 0.717) is 6.67 Å². The first-order valence-corrected chi connectivity index (χ1v) is 3.72. The van der Waals surface area contributed by atoms with Crippen molar-refractivity contribution in [3.05, 3.63) is 17.3 Å². The van der Waals surface area contributed by atoms with Gasteiger partial charge in [0.15, 0.2) is 0 Å². The van der Waals surface area contributed by atoms with Gasteiger partial charge in [-0.15, -0.1) is 0 Å². The molecule has 0 aliphatic carbocycles. The SMILES string of the molecule is C[C-](C)C.[C-]#[N+]CN(C)C.[CH-]=O.[CH-]=O.[Ru+4]. The largest absolute Gasteiger partial charge is 4.00 e. The Balaban J connectivity index is -0.0000000327. The van der Waals surface area contributed by atoms with Crippen LogP contribution in [0.3, 0.4) is 0 Å². The van der Waals surface area contributed by atoms with E-state index in [1.807, 2.05) is 19.0 Å². The summed E-state index contributed by atoms with van der Waals surface area (Å²) in [4.78, 5) is 20.4. The molecule has 0 N–H and O–H groups in total. The summed E-state index contributed by atoms with van der Waals surface area (Å²) in [6, 6.07) is 0. The van der Waals surface area contributed by atoms with Crippen LogP contribution < -0.4 is 0 Å². The first-order valence-electron chi connectivity index (χ1n) is 3.72. The molecule has 0 rings (SSSR count). The molecular formula is C10H19N2O2Ru+. The molecule has 0 heterocycles. The van der Waals surface area contributed by atoms with E-state index < -0.39 is 0 Å². The van der Waals surface area contributed by atoms with E-state index in [1.54, 1.807) is 0 Å². The van der Waals surface area contributed by atoms with Crippen molar-refractivity contribution in [1.29, 1.82) is 0 Å². The minimum atomic E-state index is 0. The first kappa shape index (κ1) is 29.3. The maximum absolute atomic E-state index is 7.75. The van der Waals surface area contributed by atoms with Crippen LogP contribution in [0.4, 0.5) is 0 Å². The van der Waals surface area contributed by atoms with Crippen LogP contribution in [-0.4, -0.2) is 39.2 Å². The molecule has 0 aliphatic rings. The fourth-order valence-corrected chi connectivity index (χ4v) is 0.141. The molecule has 5 heteroatoms. The normalized spacial score (nSPS) is 6.27. The van der Waals surface area contributed by atoms with E-state index >= 15 is 0 Å². The molecule has 4 nitrogen and oxygen atoms in total. The van der Waals surface area contributed by atoms with Crippen molar-refractivity contribution in [2.75, 3.05) is 20.8 Å². The molecule has 0 aliphatic heterocycles. The summed E-state index contributed by atoms with van der Waals surface area (Å²) >= 11 is 0. The van der Waals surface area contributed by atoms with Crippen molar-refractivity contribution in [3.63, 3.8) is 0 Å². The standard InChI is InChI=1S/C4H8N2.C4H9.2CHO.Ru/c1-5-4-6(2)3;1-4(2)3;2*1-2;/h4H2,2-3H3;1-3H3;2*1H;/q;3*-1;+4. The van der Waals surface area contributed by atoms with Gasteiger partial charge in [0.05, 0.1) is 0 Å². The third-order valence-corrected chi connectivity index (χ3v) is 0.354. The number of hydrogen-bond donors (Lipinski definition) is 0. The van der Waals surface area contributed by atoms with Crippen LogP contribution >= 0.6 is 0 Å². The molecule has 0 atom stereocenters. The summed E-state index contributed by atoms with van der Waals surface area (Å²) in [7, 11) is 3.75. The Morgan fingerprint density at radius 1 is 1.13 bits per heavy atom. The molecule has 15 heavy (non-hydrogen) atoms. The van der Waals surface area contributed by atoms with Gasteiger partial charge in [-0.2, -0.15) is 20.8 Å². The van der Waals surface area contributed by atoms with Crippen LogP contribution in [0.15, 0.2) is 0 Å². The van der Waals surface area contributed by atoms with Gasteiger partial charge >= 0.3 is 19.5 Å². The third kappa shape index (κ3) is 300. The first-order chi connectivity index (χ1) is 6.50. The zero-order valence-electron chi connectivity index (χ0n) is 9.93. The Labute approximate surface area is 107 Å². The van der Waals surface area contributed by atoms with Crippen LogP contribution in [0, 0.1) is 12.5 Å². The molecule has 0 aromatic heterocycles. The maximum atomic E-state index is 7.75. The summed E-state index contributed by atoms with van der Waals surface area (Å²) in [5.74, 6) is 1.42. The van der Waals surface area contributed by atoms with E-state index in [9.17, 15) is 0 Å². The van der Waals surface area contributed by atoms with E-state index in [-0.39, 0.29) is 19.5 Å². The van der Waals surface area contributed by atoms with Crippen LogP contribution in [0.1, 0.15) is 20.8 Å². The Morgan fingerprint density at radius 3 is 1.33 bits per heavy atom. The van der Waals surface area contributed by atoms with Gasteiger partial charge in [-0.25, -0.2) is 11.5 Å². The minimum Gasteiger partial charge on any atom is -0.545 e. The second kappa shape index (κ2) is 37.6. The van der Waals surface area contributed by atoms with Crippen molar-refractivity contribution < 1.29 is 29.1 Å². The third-order valence-electron chi connectivity index (χ3n) is 0.354. The molecule has 0 saturated carbocycles. The molecule has 0 saturated heterocycles. The quantitative estimate of drug-likeness (QED) is 0.419. The molecule has 0 unspecified atom stereocenters. The molecule has 0 radical (unpaired) electrons.